The third kappa shape index (κ3) is 3.99. The van der Waals surface area contributed by atoms with Gasteiger partial charge in [0.2, 0.25) is 5.69 Å². The molecule has 0 amide bonds. The zero-order valence-electron chi connectivity index (χ0n) is 23.4. The van der Waals surface area contributed by atoms with Crippen molar-refractivity contribution >= 4 is 21.9 Å². The number of fused-ring (bicyclic) bond motifs is 3. The van der Waals surface area contributed by atoms with Crippen LogP contribution in [0.4, 0.5) is 4.39 Å². The first-order valence-electron chi connectivity index (χ1n) is 13.4. The lowest BCUT2D eigenvalue weighted by Gasteiger charge is -2.19. The van der Waals surface area contributed by atoms with E-state index in [9.17, 15) is 0 Å². The van der Waals surface area contributed by atoms with Crippen molar-refractivity contribution in [3.05, 3.63) is 114 Å². The number of pyridine rings is 1. The molecule has 0 saturated heterocycles. The summed E-state index contributed by atoms with van der Waals surface area (Å²) in [6.45, 7) is 8.65. The normalized spacial score (nSPS) is 12.3. The maximum absolute atomic E-state index is 15.6. The van der Waals surface area contributed by atoms with Crippen LogP contribution < -0.4 is 4.57 Å². The number of halogens is 1. The summed E-state index contributed by atoms with van der Waals surface area (Å²) in [4.78, 5) is 0. The summed E-state index contributed by atoms with van der Waals surface area (Å²) in [6.07, 6.45) is 0.402. The van der Waals surface area contributed by atoms with E-state index in [1.54, 1.807) is 12.1 Å². The van der Waals surface area contributed by atoms with Gasteiger partial charge in [-0.05, 0) is 64.4 Å². The Labute approximate surface area is 224 Å². The predicted molar refractivity (Wildman–Crippen MR) is 155 cm³/mol. The zero-order valence-corrected chi connectivity index (χ0v) is 22.4. The second kappa shape index (κ2) is 8.95. The van der Waals surface area contributed by atoms with Gasteiger partial charge in [0.1, 0.15) is 25.4 Å². The highest BCUT2D eigenvalue weighted by Gasteiger charge is 2.23. The monoisotopic (exact) mass is 501 g/mol. The Morgan fingerprint density at radius 3 is 2.16 bits per heavy atom. The van der Waals surface area contributed by atoms with Crippen molar-refractivity contribution < 1.29 is 14.7 Å². The molecule has 38 heavy (non-hydrogen) atoms. The van der Waals surface area contributed by atoms with Crippen molar-refractivity contribution in [1.29, 1.82) is 0 Å². The van der Waals surface area contributed by atoms with Gasteiger partial charge >= 0.3 is 0 Å². The van der Waals surface area contributed by atoms with Crippen LogP contribution in [-0.4, -0.2) is 0 Å². The quantitative estimate of drug-likeness (QED) is 0.221. The van der Waals surface area contributed by atoms with E-state index in [0.29, 0.717) is 22.9 Å². The molecule has 2 nitrogen and oxygen atoms in total. The molecule has 0 atom stereocenters. The number of aromatic nitrogens is 1. The largest absolute Gasteiger partial charge is 0.454 e. The Morgan fingerprint density at radius 2 is 1.42 bits per heavy atom. The first kappa shape index (κ1) is 22.9. The predicted octanol–water partition coefficient (Wildman–Crippen LogP) is 9.16. The summed E-state index contributed by atoms with van der Waals surface area (Å²) in [5.74, 6) is -0.321. The van der Waals surface area contributed by atoms with Gasteiger partial charge in [-0.1, -0.05) is 75.4 Å². The molecule has 0 unspecified atom stereocenters. The topological polar surface area (TPSA) is 17.0 Å². The molecule has 188 valence electrons. The van der Waals surface area contributed by atoms with E-state index in [4.69, 9.17) is 5.79 Å². The van der Waals surface area contributed by atoms with Gasteiger partial charge in [-0.3, -0.25) is 0 Å². The highest BCUT2D eigenvalue weighted by Crippen LogP contribution is 2.42. The fraction of sp³-hybridized carbons (Fsp3) is 0.171. The molecule has 0 N–H and O–H groups in total. The molecule has 0 spiro atoms. The first-order chi connectivity index (χ1) is 18.6. The van der Waals surface area contributed by atoms with Gasteiger partial charge in [0.15, 0.2) is 6.17 Å². The molecule has 3 heteroatoms. The molecule has 4 aromatic carbocycles. The zero-order chi connectivity index (χ0) is 27.5. The van der Waals surface area contributed by atoms with Gasteiger partial charge < -0.3 is 4.42 Å². The van der Waals surface area contributed by atoms with Gasteiger partial charge in [0.25, 0.3) is 0 Å². The van der Waals surface area contributed by atoms with E-state index in [1.807, 2.05) is 54.9 Å². The molecule has 0 aliphatic carbocycles. The van der Waals surface area contributed by atoms with Gasteiger partial charge in [-0.25, -0.2) is 8.96 Å². The van der Waals surface area contributed by atoms with E-state index in [0.717, 1.165) is 44.3 Å². The first-order valence-corrected chi connectivity index (χ1v) is 12.9. The molecule has 6 aromatic rings. The smallest absolute Gasteiger partial charge is 0.216 e. The molecule has 0 radical (unpaired) electrons. The second-order valence-corrected chi connectivity index (χ2v) is 11.0. The van der Waals surface area contributed by atoms with Gasteiger partial charge in [0.05, 0.1) is 11.1 Å². The number of hydrogen-bond donors (Lipinski definition) is 0. The molecular weight excluding hydrogens is 469 g/mol. The van der Waals surface area contributed by atoms with Crippen LogP contribution in [0.3, 0.4) is 0 Å². The summed E-state index contributed by atoms with van der Waals surface area (Å²) in [6, 6.07) is 29.7. The average Bonchev–Trinajstić information content (AvgIpc) is 3.28. The Balaban J connectivity index is 1.55. The van der Waals surface area contributed by atoms with Gasteiger partial charge in [0, 0.05) is 22.9 Å². The summed E-state index contributed by atoms with van der Waals surface area (Å²) in [5.41, 5.74) is 8.75. The van der Waals surface area contributed by atoms with Crippen LogP contribution in [-0.2, 0) is 12.5 Å². The molecule has 0 fully saturated rings. The fourth-order valence-corrected chi connectivity index (χ4v) is 5.31. The minimum absolute atomic E-state index is 0.0800. The third-order valence-electron chi connectivity index (χ3n) is 7.44. The summed E-state index contributed by atoms with van der Waals surface area (Å²) >= 11 is 0. The van der Waals surface area contributed by atoms with Gasteiger partial charge in [-0.15, -0.1) is 0 Å². The Hall–Kier alpha value is -4.24. The summed E-state index contributed by atoms with van der Waals surface area (Å²) in [5, 5.41) is 1.79. The second-order valence-electron chi connectivity index (χ2n) is 11.0. The maximum atomic E-state index is 15.6. The lowest BCUT2D eigenvalue weighted by atomic mass is 9.86. The highest BCUT2D eigenvalue weighted by atomic mass is 19.1. The van der Waals surface area contributed by atoms with Crippen molar-refractivity contribution in [2.24, 2.45) is 7.05 Å². The molecule has 2 aromatic heterocycles. The van der Waals surface area contributed by atoms with E-state index >= 15 is 4.39 Å². The SMILES string of the molecule is [2H]c1cccc(-c2c(C)ccc3c2oc2c(-c4cccc(-c5ccc(C(C)(C)C)cc5)c4)c(F)ccc23)[n+]1C. The van der Waals surface area contributed by atoms with Crippen LogP contribution in [0.15, 0.2) is 102 Å². The van der Waals surface area contributed by atoms with Crippen LogP contribution in [0.25, 0.3) is 55.4 Å². The maximum Gasteiger partial charge on any atom is 0.216 e. The van der Waals surface area contributed by atoms with Crippen LogP contribution in [0.1, 0.15) is 33.3 Å². The Morgan fingerprint density at radius 1 is 0.737 bits per heavy atom. The molecule has 6 rings (SSSR count). The van der Waals surface area contributed by atoms with E-state index in [1.165, 1.54) is 11.6 Å². The third-order valence-corrected chi connectivity index (χ3v) is 7.44. The number of rotatable bonds is 3. The summed E-state index contributed by atoms with van der Waals surface area (Å²) < 4.78 is 32.3. The van der Waals surface area contributed by atoms with Crippen molar-refractivity contribution in [2.75, 3.05) is 0 Å². The van der Waals surface area contributed by atoms with Crippen LogP contribution in [0, 0.1) is 12.7 Å². The van der Waals surface area contributed by atoms with Crippen molar-refractivity contribution in [3.63, 3.8) is 0 Å². The molecule has 0 bridgehead atoms. The number of benzene rings is 4. The minimum atomic E-state index is -0.321. The lowest BCUT2D eigenvalue weighted by molar-refractivity contribution is -0.660. The van der Waals surface area contributed by atoms with Crippen molar-refractivity contribution in [2.45, 2.75) is 33.1 Å². The van der Waals surface area contributed by atoms with E-state index in [2.05, 4.69) is 57.2 Å². The van der Waals surface area contributed by atoms with E-state index < -0.39 is 0 Å². The van der Waals surface area contributed by atoms with Crippen LogP contribution in [0.2, 0.25) is 0 Å². The Kier molecular flexibility index (Phi) is 5.40. The molecule has 0 saturated carbocycles. The Bertz CT molecular complexity index is 1880. The molecule has 2 heterocycles. The van der Waals surface area contributed by atoms with E-state index in [-0.39, 0.29) is 11.2 Å². The highest BCUT2D eigenvalue weighted by molar-refractivity contribution is 6.13. The van der Waals surface area contributed by atoms with Crippen LogP contribution in [0.5, 0.6) is 0 Å². The number of furan rings is 1. The number of nitrogens with zero attached hydrogens (tertiary/aromatic N) is 1. The van der Waals surface area contributed by atoms with Crippen LogP contribution >= 0.6 is 0 Å². The van der Waals surface area contributed by atoms with Crippen molar-refractivity contribution in [3.8, 4) is 33.5 Å². The molecular formula is C35H31FNO+. The summed E-state index contributed by atoms with van der Waals surface area (Å²) in [7, 11) is 1.88. The standard InChI is InChI=1S/C35H31FNO/c1-22-12-17-27-28-18-19-29(36)32(34(28)38-33(27)31(22)30-11-6-7-20-37(30)5)25-10-8-9-24(21-25)23-13-15-26(16-14-23)35(2,3)4/h6-21H,1-5H3/q+1/i20D. The molecule has 0 aliphatic heterocycles. The molecule has 0 aliphatic rings. The number of hydrogen-bond acceptors (Lipinski definition) is 1. The number of aryl methyl sites for hydroxylation is 1. The van der Waals surface area contributed by atoms with Crippen molar-refractivity contribution in [1.82, 2.24) is 0 Å². The van der Waals surface area contributed by atoms with Gasteiger partial charge in [-0.2, -0.15) is 0 Å². The minimum Gasteiger partial charge on any atom is -0.454 e. The lowest BCUT2D eigenvalue weighted by Crippen LogP contribution is -2.30. The average molecular weight is 502 g/mol. The fourth-order valence-electron chi connectivity index (χ4n) is 5.31.